The number of allylic oxidation sites excluding steroid dienone is 4. The van der Waals surface area contributed by atoms with E-state index in [0.29, 0.717) is 5.82 Å². The number of aromatic nitrogens is 3. The zero-order valence-electron chi connectivity index (χ0n) is 36.5. The Morgan fingerprint density at radius 1 is 0.388 bits per heavy atom. The van der Waals surface area contributed by atoms with E-state index in [2.05, 4.69) is 200 Å². The zero-order chi connectivity index (χ0) is 44.3. The van der Waals surface area contributed by atoms with Gasteiger partial charge in [0.15, 0.2) is 5.82 Å². The normalized spacial score (nSPS) is 12.7. The van der Waals surface area contributed by atoms with Gasteiger partial charge in [0.1, 0.15) is 11.2 Å². The summed E-state index contributed by atoms with van der Waals surface area (Å²) in [5.41, 5.74) is 16.7. The van der Waals surface area contributed by atoms with Gasteiger partial charge in [-0.1, -0.05) is 200 Å². The average molecular weight is 856 g/mol. The molecule has 3 aromatic heterocycles. The summed E-state index contributed by atoms with van der Waals surface area (Å²) in [6.07, 6.45) is 8.74. The molecule has 0 spiro atoms. The molecule has 67 heavy (non-hydrogen) atoms. The number of rotatable bonds is 7. The molecule has 0 saturated carbocycles. The summed E-state index contributed by atoms with van der Waals surface area (Å²) in [5.74, 6) is 0.702. The Morgan fingerprint density at radius 2 is 1.00 bits per heavy atom. The maximum absolute atomic E-state index is 6.63. The highest BCUT2D eigenvalue weighted by Crippen LogP contribution is 2.47. The molecule has 314 valence electrons. The van der Waals surface area contributed by atoms with Crippen LogP contribution in [0.25, 0.3) is 127 Å². The van der Waals surface area contributed by atoms with E-state index in [-0.39, 0.29) is 0 Å². The minimum Gasteiger partial charge on any atom is -0.456 e. The van der Waals surface area contributed by atoms with Crippen molar-refractivity contribution < 1.29 is 4.42 Å². The summed E-state index contributed by atoms with van der Waals surface area (Å²) in [6.45, 7) is 0. The van der Waals surface area contributed by atoms with Crippen LogP contribution in [-0.4, -0.2) is 15.0 Å². The molecule has 0 aliphatic heterocycles. The van der Waals surface area contributed by atoms with Crippen LogP contribution in [0.5, 0.6) is 0 Å². The molecule has 0 saturated heterocycles. The number of furan rings is 1. The fraction of sp³-hybridized carbons (Fsp3) is 0.0317. The number of hydrogen-bond acceptors (Lipinski definition) is 4. The highest BCUT2D eigenvalue weighted by Gasteiger charge is 2.22. The number of nitrogens with zero attached hydrogens (tertiary/aromatic N) is 3. The predicted molar refractivity (Wildman–Crippen MR) is 279 cm³/mol. The van der Waals surface area contributed by atoms with Crippen molar-refractivity contribution in [3.63, 3.8) is 0 Å². The molecule has 9 aromatic carbocycles. The molecule has 0 unspecified atom stereocenters. The van der Waals surface area contributed by atoms with Gasteiger partial charge in [-0.25, -0.2) is 15.0 Å². The summed E-state index contributed by atoms with van der Waals surface area (Å²) in [7, 11) is 0. The molecule has 1 aliphatic rings. The monoisotopic (exact) mass is 855 g/mol. The van der Waals surface area contributed by atoms with Gasteiger partial charge >= 0.3 is 0 Å². The second-order valence-corrected chi connectivity index (χ2v) is 17.3. The van der Waals surface area contributed by atoms with Crippen molar-refractivity contribution in [1.82, 2.24) is 15.0 Å². The second kappa shape index (κ2) is 16.1. The summed E-state index contributed by atoms with van der Waals surface area (Å²) in [5, 5.41) is 7.86. The number of hydrogen-bond donors (Lipinski definition) is 0. The zero-order valence-corrected chi connectivity index (χ0v) is 36.5. The molecule has 0 atom stereocenters. The molecule has 4 nitrogen and oxygen atoms in total. The van der Waals surface area contributed by atoms with Crippen LogP contribution in [-0.2, 0) is 0 Å². The highest BCUT2D eigenvalue weighted by molar-refractivity contribution is 6.27. The first-order valence-corrected chi connectivity index (χ1v) is 23.0. The average Bonchev–Trinajstić information content (AvgIpc) is 3.78. The van der Waals surface area contributed by atoms with Crippen LogP contribution in [0.15, 0.2) is 229 Å². The molecule has 1 aliphatic carbocycles. The molecule has 0 radical (unpaired) electrons. The highest BCUT2D eigenvalue weighted by atomic mass is 16.3. The first-order valence-electron chi connectivity index (χ1n) is 23.0. The maximum Gasteiger partial charge on any atom is 0.160 e. The van der Waals surface area contributed by atoms with Crippen LogP contribution in [0.3, 0.4) is 0 Å². The second-order valence-electron chi connectivity index (χ2n) is 17.3. The molecule has 3 heterocycles. The van der Waals surface area contributed by atoms with Crippen LogP contribution in [0.4, 0.5) is 0 Å². The molecule has 0 amide bonds. The molecule has 0 fully saturated rings. The lowest BCUT2D eigenvalue weighted by atomic mass is 9.89. The van der Waals surface area contributed by atoms with Crippen molar-refractivity contribution in [1.29, 1.82) is 0 Å². The van der Waals surface area contributed by atoms with Gasteiger partial charge in [0.2, 0.25) is 0 Å². The Labute approximate surface area is 387 Å². The van der Waals surface area contributed by atoms with E-state index in [1.54, 1.807) is 0 Å². The molecule has 0 N–H and O–H groups in total. The van der Waals surface area contributed by atoms with Gasteiger partial charge in [-0.05, 0) is 75.7 Å². The topological polar surface area (TPSA) is 51.8 Å². The first kappa shape index (κ1) is 38.7. The van der Waals surface area contributed by atoms with E-state index >= 15 is 0 Å². The van der Waals surface area contributed by atoms with Crippen LogP contribution < -0.4 is 0 Å². The van der Waals surface area contributed by atoms with E-state index < -0.39 is 0 Å². The lowest BCUT2D eigenvalue weighted by molar-refractivity contribution is 0.669. The van der Waals surface area contributed by atoms with Gasteiger partial charge < -0.3 is 4.42 Å². The first-order chi connectivity index (χ1) is 33.2. The number of fused-ring (bicyclic) bond motifs is 7. The number of pyridine rings is 1. The Morgan fingerprint density at radius 3 is 1.76 bits per heavy atom. The molecule has 4 heteroatoms. The van der Waals surface area contributed by atoms with Gasteiger partial charge in [0.05, 0.1) is 22.6 Å². The van der Waals surface area contributed by atoms with Gasteiger partial charge in [-0.3, -0.25) is 0 Å². The Kier molecular flexibility index (Phi) is 9.28. The Balaban J connectivity index is 0.937. The van der Waals surface area contributed by atoms with E-state index in [4.69, 9.17) is 19.4 Å². The Bertz CT molecular complexity index is 3940. The molecular formula is C63H41N3O. The van der Waals surface area contributed by atoms with Gasteiger partial charge in [-0.15, -0.1) is 0 Å². The van der Waals surface area contributed by atoms with Crippen molar-refractivity contribution in [2.24, 2.45) is 0 Å². The van der Waals surface area contributed by atoms with Crippen LogP contribution in [0.2, 0.25) is 0 Å². The van der Waals surface area contributed by atoms with Crippen LogP contribution in [0, 0.1) is 0 Å². The van der Waals surface area contributed by atoms with Crippen molar-refractivity contribution in [3.8, 4) is 67.4 Å². The smallest absolute Gasteiger partial charge is 0.160 e. The molecular weight excluding hydrogens is 815 g/mol. The SMILES string of the molecule is C1=CCCC(c2ccc(-c3cc(-c4ccc(-c5ccc(-c6nc7ccccc7c7c(-c8ccccc8)c8c(cc67)oc6ccccc68)cc5)c5ccccc45)nc(-c4ccccc4)n3)cc2)=C1. The lowest BCUT2D eigenvalue weighted by Crippen LogP contribution is -1.97. The van der Waals surface area contributed by atoms with Crippen molar-refractivity contribution >= 4 is 60.0 Å². The van der Waals surface area contributed by atoms with Crippen LogP contribution in [0.1, 0.15) is 18.4 Å². The Hall–Kier alpha value is -8.73. The van der Waals surface area contributed by atoms with E-state index in [1.165, 1.54) is 16.5 Å². The summed E-state index contributed by atoms with van der Waals surface area (Å²) >= 11 is 0. The number of para-hydroxylation sites is 2. The van der Waals surface area contributed by atoms with Crippen molar-refractivity contribution in [2.75, 3.05) is 0 Å². The number of benzene rings is 9. The quantitative estimate of drug-likeness (QED) is 0.150. The molecule has 12 aromatic rings. The molecule has 13 rings (SSSR count). The van der Waals surface area contributed by atoms with E-state index in [9.17, 15) is 0 Å². The van der Waals surface area contributed by atoms with Crippen LogP contribution >= 0.6 is 0 Å². The lowest BCUT2D eigenvalue weighted by Gasteiger charge is -2.16. The third-order valence-corrected chi connectivity index (χ3v) is 13.4. The third kappa shape index (κ3) is 6.73. The fourth-order valence-electron chi connectivity index (χ4n) is 10.2. The maximum atomic E-state index is 6.63. The van der Waals surface area contributed by atoms with E-state index in [1.807, 2.05) is 24.3 Å². The minimum absolute atomic E-state index is 0.702. The summed E-state index contributed by atoms with van der Waals surface area (Å²) in [6, 6.07) is 73.1. The standard InChI is InChI=1S/C63H41N3O/c1-4-16-40(17-5-1)41-28-32-43(33-29-41)55-39-56(66-63(65-55)46-20-8-3-9-21-46)50-37-36-47(48-22-10-11-23-49(48)50)42-30-34-45(35-31-42)62-53-38-58-61(52-25-13-15-27-57(52)67-58)59(44-18-6-2-7-19-44)60(53)51-24-12-14-26-54(51)64-62/h1-4,6-16,18-39H,5,17H2. The van der Waals surface area contributed by atoms with Gasteiger partial charge in [-0.2, -0.15) is 0 Å². The largest absolute Gasteiger partial charge is 0.456 e. The fourth-order valence-corrected chi connectivity index (χ4v) is 10.2. The van der Waals surface area contributed by atoms with Crippen molar-refractivity contribution in [3.05, 3.63) is 230 Å². The van der Waals surface area contributed by atoms with Gasteiger partial charge in [0.25, 0.3) is 0 Å². The summed E-state index contributed by atoms with van der Waals surface area (Å²) < 4.78 is 6.63. The van der Waals surface area contributed by atoms with Crippen molar-refractivity contribution in [2.45, 2.75) is 12.8 Å². The minimum atomic E-state index is 0.702. The van der Waals surface area contributed by atoms with E-state index in [0.717, 1.165) is 123 Å². The summed E-state index contributed by atoms with van der Waals surface area (Å²) in [4.78, 5) is 15.8. The molecule has 0 bridgehead atoms. The predicted octanol–water partition coefficient (Wildman–Crippen LogP) is 17.0. The third-order valence-electron chi connectivity index (χ3n) is 13.4. The van der Waals surface area contributed by atoms with Gasteiger partial charge in [0, 0.05) is 54.7 Å².